The molecular formula is C11H12N2O3S. The molecule has 0 fully saturated rings. The number of thioether (sulfide) groups is 1. The fourth-order valence-corrected chi connectivity index (χ4v) is 2.30. The minimum atomic E-state index is -0.460. The molecule has 0 bridgehead atoms. The molecule has 0 radical (unpaired) electrons. The molecule has 0 aromatic heterocycles. The van der Waals surface area contributed by atoms with Crippen molar-refractivity contribution < 1.29 is 14.6 Å². The molecule has 5 nitrogen and oxygen atoms in total. The van der Waals surface area contributed by atoms with Gasteiger partial charge in [-0.2, -0.15) is 0 Å². The number of para-hydroxylation sites is 2. The molecule has 2 N–H and O–H groups in total. The number of amidine groups is 1. The molecule has 1 atom stereocenters. The van der Waals surface area contributed by atoms with Gasteiger partial charge in [-0.25, -0.2) is 9.79 Å². The predicted octanol–water partition coefficient (Wildman–Crippen LogP) is 1.45. The first-order valence-electron chi connectivity index (χ1n) is 5.04. The molecule has 1 aromatic rings. The third kappa shape index (κ3) is 2.71. The van der Waals surface area contributed by atoms with E-state index < -0.39 is 6.04 Å². The molecule has 0 saturated heterocycles. The van der Waals surface area contributed by atoms with Gasteiger partial charge in [0, 0.05) is 5.75 Å². The normalized spacial score (nSPS) is 18.6. The summed E-state index contributed by atoms with van der Waals surface area (Å²) in [6, 6.07) is 6.41. The lowest BCUT2D eigenvalue weighted by molar-refractivity contribution is -0.141. The number of phenols is 1. The van der Waals surface area contributed by atoms with E-state index in [-0.39, 0.29) is 11.7 Å². The Kier molecular flexibility index (Phi) is 3.53. The van der Waals surface area contributed by atoms with E-state index in [4.69, 9.17) is 0 Å². The molecule has 1 aliphatic heterocycles. The van der Waals surface area contributed by atoms with Gasteiger partial charge in [0.1, 0.15) is 5.75 Å². The van der Waals surface area contributed by atoms with Crippen LogP contribution in [0, 0.1) is 0 Å². The number of hydrogen-bond acceptors (Lipinski definition) is 6. The lowest BCUT2D eigenvalue weighted by Crippen LogP contribution is -2.19. The minimum Gasteiger partial charge on any atom is -0.506 e. The highest BCUT2D eigenvalue weighted by atomic mass is 32.2. The molecule has 0 aliphatic carbocycles. The first kappa shape index (κ1) is 11.8. The number of anilines is 1. The summed E-state index contributed by atoms with van der Waals surface area (Å²) in [5, 5.41) is 13.2. The number of nitrogens with one attached hydrogen (secondary N) is 1. The largest absolute Gasteiger partial charge is 0.506 e. The molecular weight excluding hydrogens is 240 g/mol. The maximum absolute atomic E-state index is 11.3. The molecule has 1 aromatic carbocycles. The van der Waals surface area contributed by atoms with Crippen LogP contribution in [0.3, 0.4) is 0 Å². The number of ether oxygens (including phenoxy) is 1. The second kappa shape index (κ2) is 5.09. The number of carbonyl (C=O) groups is 1. The van der Waals surface area contributed by atoms with E-state index in [0.717, 1.165) is 0 Å². The van der Waals surface area contributed by atoms with Gasteiger partial charge in [-0.15, -0.1) is 0 Å². The number of carbonyl (C=O) groups excluding carboxylic acids is 1. The van der Waals surface area contributed by atoms with Crippen molar-refractivity contribution in [1.82, 2.24) is 0 Å². The summed E-state index contributed by atoms with van der Waals surface area (Å²) in [5.74, 6) is 0.367. The van der Waals surface area contributed by atoms with Crippen molar-refractivity contribution in [2.75, 3.05) is 18.2 Å². The van der Waals surface area contributed by atoms with E-state index in [2.05, 4.69) is 15.0 Å². The van der Waals surface area contributed by atoms with Gasteiger partial charge in [0.2, 0.25) is 0 Å². The van der Waals surface area contributed by atoms with E-state index >= 15 is 0 Å². The van der Waals surface area contributed by atoms with Gasteiger partial charge in [0.05, 0.1) is 12.8 Å². The Balaban J connectivity index is 2.06. The number of benzene rings is 1. The highest BCUT2D eigenvalue weighted by Crippen LogP contribution is 2.26. The highest BCUT2D eigenvalue weighted by Gasteiger charge is 2.25. The molecule has 1 heterocycles. The topological polar surface area (TPSA) is 70.9 Å². The number of esters is 1. The van der Waals surface area contributed by atoms with E-state index in [1.165, 1.54) is 18.9 Å². The van der Waals surface area contributed by atoms with Gasteiger partial charge in [-0.3, -0.25) is 0 Å². The lowest BCUT2D eigenvalue weighted by Gasteiger charge is -2.06. The van der Waals surface area contributed by atoms with Crippen molar-refractivity contribution in [3.8, 4) is 5.75 Å². The maximum atomic E-state index is 11.3. The van der Waals surface area contributed by atoms with Crippen LogP contribution in [0.25, 0.3) is 0 Å². The Labute approximate surface area is 103 Å². The second-order valence-electron chi connectivity index (χ2n) is 3.43. The summed E-state index contributed by atoms with van der Waals surface area (Å²) < 4.78 is 4.62. The van der Waals surface area contributed by atoms with Crippen LogP contribution in [0.2, 0.25) is 0 Å². The zero-order chi connectivity index (χ0) is 12.3. The lowest BCUT2D eigenvalue weighted by atomic mass is 10.3. The Hall–Kier alpha value is -1.69. The van der Waals surface area contributed by atoms with Crippen LogP contribution in [0.5, 0.6) is 5.75 Å². The zero-order valence-electron chi connectivity index (χ0n) is 9.21. The van der Waals surface area contributed by atoms with Crippen LogP contribution in [0.1, 0.15) is 0 Å². The second-order valence-corrected chi connectivity index (χ2v) is 4.44. The molecule has 0 unspecified atom stereocenters. The van der Waals surface area contributed by atoms with E-state index in [0.29, 0.717) is 16.6 Å². The summed E-state index contributed by atoms with van der Waals surface area (Å²) in [5.41, 5.74) is 0.573. The van der Waals surface area contributed by atoms with Crippen molar-refractivity contribution >= 4 is 28.6 Å². The van der Waals surface area contributed by atoms with Crippen molar-refractivity contribution in [3.63, 3.8) is 0 Å². The number of rotatable bonds is 2. The van der Waals surface area contributed by atoms with Crippen molar-refractivity contribution in [2.45, 2.75) is 6.04 Å². The molecule has 1 aliphatic rings. The minimum absolute atomic E-state index is 0.150. The zero-order valence-corrected chi connectivity index (χ0v) is 10.0. The maximum Gasteiger partial charge on any atom is 0.331 e. The van der Waals surface area contributed by atoms with Crippen molar-refractivity contribution in [2.24, 2.45) is 4.99 Å². The van der Waals surface area contributed by atoms with Crippen LogP contribution in [-0.4, -0.2) is 35.1 Å². The number of nitrogens with zero attached hydrogens (tertiary/aromatic N) is 1. The fourth-order valence-electron chi connectivity index (χ4n) is 1.39. The number of aromatic hydroxyl groups is 1. The van der Waals surface area contributed by atoms with Crippen molar-refractivity contribution in [3.05, 3.63) is 24.3 Å². The van der Waals surface area contributed by atoms with Gasteiger partial charge in [0.25, 0.3) is 0 Å². The molecule has 6 heteroatoms. The summed E-state index contributed by atoms with van der Waals surface area (Å²) >= 11 is 1.42. The number of aliphatic imine (C=N–C) groups is 1. The SMILES string of the molecule is COC(=O)[C@@H]1CSC(Nc2ccccc2O)=N1. The summed E-state index contributed by atoms with van der Waals surface area (Å²) in [4.78, 5) is 15.4. The van der Waals surface area contributed by atoms with Gasteiger partial charge in [-0.1, -0.05) is 23.9 Å². The van der Waals surface area contributed by atoms with Crippen molar-refractivity contribution in [1.29, 1.82) is 0 Å². The Morgan fingerprint density at radius 1 is 1.59 bits per heavy atom. The Morgan fingerprint density at radius 2 is 2.35 bits per heavy atom. The summed E-state index contributed by atoms with van der Waals surface area (Å²) in [7, 11) is 1.34. The molecule has 0 saturated carbocycles. The third-order valence-corrected chi connectivity index (χ3v) is 3.23. The standard InChI is InChI=1S/C11H12N2O3S/c1-16-10(15)8-6-17-11(13-8)12-7-4-2-3-5-9(7)14/h2-5,8,14H,6H2,1H3,(H,12,13)/t8-/m0/s1. The van der Waals surface area contributed by atoms with Gasteiger partial charge >= 0.3 is 5.97 Å². The van der Waals surface area contributed by atoms with Gasteiger partial charge < -0.3 is 15.2 Å². The monoisotopic (exact) mass is 252 g/mol. The molecule has 2 rings (SSSR count). The third-order valence-electron chi connectivity index (χ3n) is 2.27. The Bertz CT molecular complexity index is 462. The van der Waals surface area contributed by atoms with Crippen LogP contribution in [-0.2, 0) is 9.53 Å². The van der Waals surface area contributed by atoms with E-state index in [9.17, 15) is 9.90 Å². The highest BCUT2D eigenvalue weighted by molar-refractivity contribution is 8.14. The van der Waals surface area contributed by atoms with Crippen LogP contribution in [0.4, 0.5) is 5.69 Å². The summed E-state index contributed by atoms with van der Waals surface area (Å²) in [6.45, 7) is 0. The predicted molar refractivity (Wildman–Crippen MR) is 67.4 cm³/mol. The van der Waals surface area contributed by atoms with Crippen LogP contribution in [0.15, 0.2) is 29.3 Å². The first-order valence-corrected chi connectivity index (χ1v) is 6.02. The van der Waals surface area contributed by atoms with Crippen LogP contribution < -0.4 is 5.32 Å². The quantitative estimate of drug-likeness (QED) is 0.615. The molecule has 0 amide bonds. The average Bonchev–Trinajstić information content (AvgIpc) is 2.80. The van der Waals surface area contributed by atoms with Gasteiger partial charge in [-0.05, 0) is 12.1 Å². The average molecular weight is 252 g/mol. The number of phenolic OH excluding ortho intramolecular Hbond substituents is 1. The first-order chi connectivity index (χ1) is 8.20. The number of hydrogen-bond donors (Lipinski definition) is 2. The molecule has 17 heavy (non-hydrogen) atoms. The van der Waals surface area contributed by atoms with Gasteiger partial charge in [0.15, 0.2) is 11.2 Å². The van der Waals surface area contributed by atoms with E-state index in [1.807, 2.05) is 0 Å². The smallest absolute Gasteiger partial charge is 0.331 e. The molecule has 0 spiro atoms. The van der Waals surface area contributed by atoms with E-state index in [1.54, 1.807) is 24.3 Å². The molecule has 90 valence electrons. The Morgan fingerprint density at radius 3 is 3.06 bits per heavy atom. The summed E-state index contributed by atoms with van der Waals surface area (Å²) in [6.07, 6.45) is 0. The van der Waals surface area contributed by atoms with Crippen LogP contribution >= 0.6 is 11.8 Å². The fraction of sp³-hybridized carbons (Fsp3) is 0.273. The number of methoxy groups -OCH3 is 1.